The smallest absolute Gasteiger partial charge is 0.183 e. The van der Waals surface area contributed by atoms with Crippen molar-refractivity contribution in [3.05, 3.63) is 42.1 Å². The molecule has 0 aromatic heterocycles. The van der Waals surface area contributed by atoms with E-state index in [-0.39, 0.29) is 23.3 Å². The first-order chi connectivity index (χ1) is 14.2. The maximum atomic E-state index is 12.9. The van der Waals surface area contributed by atoms with Crippen LogP contribution in [0.2, 0.25) is 0 Å². The second-order valence-corrected chi connectivity index (χ2v) is 8.74. The van der Waals surface area contributed by atoms with E-state index in [9.17, 15) is 4.79 Å². The molecular formula is C24H40N4O2. The average Bonchev–Trinajstić information content (AvgIpc) is 3.25. The lowest BCUT2D eigenvalue weighted by Gasteiger charge is -2.35. The topological polar surface area (TPSA) is 70.8 Å². The maximum absolute atomic E-state index is 12.9. The Hall–Kier alpha value is -1.89. The van der Waals surface area contributed by atoms with Crippen LogP contribution in [0.5, 0.6) is 0 Å². The minimum atomic E-state index is -0.370. The summed E-state index contributed by atoms with van der Waals surface area (Å²) in [5, 5.41) is 1.48. The molecule has 2 atom stereocenters. The fourth-order valence-electron chi connectivity index (χ4n) is 3.98. The zero-order valence-electron chi connectivity index (χ0n) is 19.4. The number of hydrogen-bond acceptors (Lipinski definition) is 6. The van der Waals surface area contributed by atoms with Crippen molar-refractivity contribution in [1.29, 1.82) is 0 Å². The van der Waals surface area contributed by atoms with E-state index in [0.717, 1.165) is 44.3 Å². The third kappa shape index (κ3) is 5.84. The van der Waals surface area contributed by atoms with Crippen LogP contribution >= 0.6 is 0 Å². The van der Waals surface area contributed by atoms with Crippen LogP contribution in [0.1, 0.15) is 58.9 Å². The highest BCUT2D eigenvalue weighted by atomic mass is 16.5. The van der Waals surface area contributed by atoms with E-state index in [1.54, 1.807) is 7.05 Å². The molecule has 0 bridgehead atoms. The molecule has 1 aliphatic rings. The number of nitrogens with zero attached hydrogens (tertiary/aromatic N) is 2. The molecule has 1 aromatic carbocycles. The van der Waals surface area contributed by atoms with Gasteiger partial charge in [-0.3, -0.25) is 4.79 Å². The molecule has 6 nitrogen and oxygen atoms in total. The number of ketones is 1. The normalized spacial score (nSPS) is 17.8. The lowest BCUT2D eigenvalue weighted by molar-refractivity contribution is -0.125. The third-order valence-corrected chi connectivity index (χ3v) is 6.42. The monoisotopic (exact) mass is 416 g/mol. The van der Waals surface area contributed by atoms with Crippen LogP contribution in [0, 0.1) is 5.41 Å². The number of ether oxygens (including phenoxy) is 1. The van der Waals surface area contributed by atoms with Crippen molar-refractivity contribution in [3.63, 3.8) is 0 Å². The van der Waals surface area contributed by atoms with Crippen LogP contribution in [0.25, 0.3) is 0 Å². The highest BCUT2D eigenvalue weighted by Gasteiger charge is 2.37. The van der Waals surface area contributed by atoms with Crippen molar-refractivity contribution in [2.45, 2.75) is 71.9 Å². The van der Waals surface area contributed by atoms with Gasteiger partial charge in [-0.05, 0) is 49.8 Å². The summed E-state index contributed by atoms with van der Waals surface area (Å²) in [5.41, 5.74) is 5.29. The summed E-state index contributed by atoms with van der Waals surface area (Å²) in [6.07, 6.45) is 4.80. The Balaban J connectivity index is 1.94. The zero-order chi connectivity index (χ0) is 22.3. The summed E-state index contributed by atoms with van der Waals surface area (Å²) < 4.78 is 6.31. The van der Waals surface area contributed by atoms with E-state index >= 15 is 0 Å². The van der Waals surface area contributed by atoms with E-state index < -0.39 is 0 Å². The number of hydrogen-bond donors (Lipinski definition) is 2. The number of allylic oxidation sites excluding steroid dienone is 1. The highest BCUT2D eigenvalue weighted by Crippen LogP contribution is 2.32. The molecule has 168 valence electrons. The first-order valence-corrected chi connectivity index (χ1v) is 11.2. The van der Waals surface area contributed by atoms with Gasteiger partial charge in [0.05, 0.1) is 30.1 Å². The number of rotatable bonds is 12. The fourth-order valence-corrected chi connectivity index (χ4v) is 3.98. The van der Waals surface area contributed by atoms with Gasteiger partial charge in [-0.2, -0.15) is 0 Å². The van der Waals surface area contributed by atoms with E-state index in [0.29, 0.717) is 12.3 Å². The van der Waals surface area contributed by atoms with Crippen molar-refractivity contribution in [3.8, 4) is 0 Å². The molecule has 0 saturated carbocycles. The molecule has 2 unspecified atom stereocenters. The molecule has 0 aliphatic carbocycles. The molecule has 1 heterocycles. The molecule has 6 heteroatoms. The average molecular weight is 417 g/mol. The van der Waals surface area contributed by atoms with Gasteiger partial charge in [0, 0.05) is 19.0 Å². The summed E-state index contributed by atoms with van der Waals surface area (Å²) in [4.78, 5) is 15.1. The Morgan fingerprint density at radius 3 is 2.60 bits per heavy atom. The first-order valence-electron chi connectivity index (χ1n) is 11.2. The number of nitrogens with two attached hydrogens (primary N) is 1. The number of anilines is 1. The molecule has 1 aliphatic heterocycles. The van der Waals surface area contributed by atoms with Gasteiger partial charge in [-0.15, -0.1) is 0 Å². The summed E-state index contributed by atoms with van der Waals surface area (Å²) in [7, 11) is 1.78. The molecule has 30 heavy (non-hydrogen) atoms. The Kier molecular flexibility index (Phi) is 8.89. The summed E-state index contributed by atoms with van der Waals surface area (Å²) >= 11 is 0. The van der Waals surface area contributed by atoms with E-state index in [4.69, 9.17) is 10.6 Å². The second kappa shape index (κ2) is 10.9. The van der Waals surface area contributed by atoms with Crippen molar-refractivity contribution in [2.75, 3.05) is 25.3 Å². The Morgan fingerprint density at radius 1 is 1.37 bits per heavy atom. The SMILES string of the molecule is C=C(C(=O)C(C)(C)CC)N1CCCC1C(CC)OCCc1ccc(N(N)NC)cc1. The number of hydrazine groups is 2. The quantitative estimate of drug-likeness (QED) is 0.307. The summed E-state index contributed by atoms with van der Waals surface area (Å²) in [6, 6.07) is 8.36. The molecule has 1 fully saturated rings. The van der Waals surface area contributed by atoms with Crippen LogP contribution in [-0.2, 0) is 16.0 Å². The van der Waals surface area contributed by atoms with Gasteiger partial charge in [0.25, 0.3) is 0 Å². The minimum Gasteiger partial charge on any atom is -0.376 e. The van der Waals surface area contributed by atoms with Crippen LogP contribution in [-0.4, -0.2) is 43.0 Å². The molecule has 2 rings (SSSR count). The summed E-state index contributed by atoms with van der Waals surface area (Å²) in [5.74, 6) is 5.98. The number of carbonyl (C=O) groups is 1. The lowest BCUT2D eigenvalue weighted by Crippen LogP contribution is -2.43. The van der Waals surface area contributed by atoms with Crippen molar-refractivity contribution in [2.24, 2.45) is 11.3 Å². The first kappa shape index (κ1) is 24.4. The molecular weight excluding hydrogens is 376 g/mol. The van der Waals surface area contributed by atoms with Crippen LogP contribution in [0.3, 0.4) is 0 Å². The zero-order valence-corrected chi connectivity index (χ0v) is 19.4. The number of nitrogens with one attached hydrogen (secondary N) is 1. The number of carbonyl (C=O) groups excluding carboxylic acids is 1. The van der Waals surface area contributed by atoms with Crippen LogP contribution < -0.4 is 16.4 Å². The van der Waals surface area contributed by atoms with Crippen molar-refractivity contribution < 1.29 is 9.53 Å². The van der Waals surface area contributed by atoms with Crippen LogP contribution in [0.15, 0.2) is 36.5 Å². The molecule has 0 amide bonds. The standard InChI is InChI=1S/C24H40N4O2/c1-7-22(30-17-15-19-11-13-20(14-12-19)28(25)26-6)21-10-9-16-27(21)18(3)23(29)24(4,5)8-2/h11-14,21-22,26H,3,7-10,15-17,25H2,1-2,4-6H3. The Bertz CT molecular complexity index is 702. The number of Topliss-reactive ketones (excluding diaryl/α,β-unsaturated/α-hetero) is 1. The number of benzene rings is 1. The molecule has 0 spiro atoms. The Morgan fingerprint density at radius 2 is 2.03 bits per heavy atom. The third-order valence-electron chi connectivity index (χ3n) is 6.42. The van der Waals surface area contributed by atoms with E-state index in [2.05, 4.69) is 42.9 Å². The maximum Gasteiger partial charge on any atom is 0.183 e. The van der Waals surface area contributed by atoms with Gasteiger partial charge in [0.15, 0.2) is 5.78 Å². The van der Waals surface area contributed by atoms with Gasteiger partial charge in [-0.1, -0.05) is 46.4 Å². The van der Waals surface area contributed by atoms with Gasteiger partial charge in [0.1, 0.15) is 0 Å². The van der Waals surface area contributed by atoms with Crippen molar-refractivity contribution in [1.82, 2.24) is 10.3 Å². The second-order valence-electron chi connectivity index (χ2n) is 8.74. The Labute approximate surface area is 182 Å². The van der Waals surface area contributed by atoms with Crippen LogP contribution in [0.4, 0.5) is 5.69 Å². The molecule has 1 saturated heterocycles. The largest absolute Gasteiger partial charge is 0.376 e. The van der Waals surface area contributed by atoms with Crippen molar-refractivity contribution >= 4 is 11.5 Å². The lowest BCUT2D eigenvalue weighted by atomic mass is 9.83. The van der Waals surface area contributed by atoms with Gasteiger partial charge in [-0.25, -0.2) is 16.4 Å². The fraction of sp³-hybridized carbons (Fsp3) is 0.625. The highest BCUT2D eigenvalue weighted by molar-refractivity contribution is 5.98. The predicted octanol–water partition coefficient (Wildman–Crippen LogP) is 3.82. The number of likely N-dealkylation sites (tertiary alicyclic amines) is 1. The van der Waals surface area contributed by atoms with E-state index in [1.807, 2.05) is 26.0 Å². The van der Waals surface area contributed by atoms with Gasteiger partial charge >= 0.3 is 0 Å². The molecule has 0 radical (unpaired) electrons. The van der Waals surface area contributed by atoms with Gasteiger partial charge < -0.3 is 9.64 Å². The minimum absolute atomic E-state index is 0.102. The molecule has 1 aromatic rings. The van der Waals surface area contributed by atoms with Gasteiger partial charge in [0.2, 0.25) is 0 Å². The molecule has 3 N–H and O–H groups in total. The predicted molar refractivity (Wildman–Crippen MR) is 124 cm³/mol. The van der Waals surface area contributed by atoms with E-state index in [1.165, 1.54) is 10.7 Å². The summed E-state index contributed by atoms with van der Waals surface area (Å²) in [6.45, 7) is 13.9.